The van der Waals surface area contributed by atoms with Crippen molar-refractivity contribution >= 4 is 0 Å². The molecule has 0 amide bonds. The van der Waals surface area contributed by atoms with Gasteiger partial charge >= 0.3 is 6.18 Å². The van der Waals surface area contributed by atoms with Crippen LogP contribution in [0.2, 0.25) is 0 Å². The lowest BCUT2D eigenvalue weighted by atomic mass is 9.91. The fraction of sp³-hybridized carbons (Fsp3) is 0.309. The number of rotatable bonds is 3. The Morgan fingerprint density at radius 2 is 0.716 bits per heavy atom. The zero-order valence-corrected chi connectivity index (χ0v) is 57.3. The van der Waals surface area contributed by atoms with E-state index in [4.69, 9.17) is 0 Å². The highest BCUT2D eigenvalue weighted by Crippen LogP contribution is 2.32. The molecule has 0 saturated carbocycles. The van der Waals surface area contributed by atoms with Crippen molar-refractivity contribution in [3.05, 3.63) is 304 Å². The van der Waals surface area contributed by atoms with Gasteiger partial charge in [-0.25, -0.2) is 0 Å². The largest absolute Gasteiger partial charge is 0.416 e. The Kier molecular flexibility index (Phi) is 30.4. The van der Waals surface area contributed by atoms with Crippen molar-refractivity contribution in [1.82, 2.24) is 19.9 Å². The quantitative estimate of drug-likeness (QED) is 0.177. The Morgan fingerprint density at radius 3 is 1.09 bits per heavy atom. The van der Waals surface area contributed by atoms with Gasteiger partial charge in [-0.1, -0.05) is 128 Å². The van der Waals surface area contributed by atoms with E-state index in [0.29, 0.717) is 11.1 Å². The summed E-state index contributed by atoms with van der Waals surface area (Å²) in [6.45, 7) is 47.3. The van der Waals surface area contributed by atoms with Gasteiger partial charge < -0.3 is 0 Å². The van der Waals surface area contributed by atoms with Crippen LogP contribution in [0.1, 0.15) is 141 Å². The topological polar surface area (TPSA) is 51.6 Å². The van der Waals surface area contributed by atoms with Crippen LogP contribution in [0.3, 0.4) is 0 Å². The third-order valence-electron chi connectivity index (χ3n) is 15.8. The third-order valence-corrected chi connectivity index (χ3v) is 15.8. The Bertz CT molecular complexity index is 3600. The van der Waals surface area contributed by atoms with Crippen LogP contribution in [0, 0.1) is 152 Å². The number of alkyl halides is 3. The molecule has 0 spiro atoms. The minimum absolute atomic E-state index is 0.562. The average molecular weight is 1190 g/mol. The van der Waals surface area contributed by atoms with Gasteiger partial charge in [0.2, 0.25) is 0 Å². The van der Waals surface area contributed by atoms with Crippen molar-refractivity contribution in [3.8, 4) is 22.3 Å². The van der Waals surface area contributed by atoms with Gasteiger partial charge in [-0.3, -0.25) is 19.9 Å². The minimum Gasteiger partial charge on any atom is -0.264 e. The van der Waals surface area contributed by atoms with Crippen LogP contribution in [0.25, 0.3) is 22.3 Å². The molecule has 4 aromatic heterocycles. The molecular formula is C81H99F3N4. The molecule has 4 nitrogen and oxygen atoms in total. The number of benzene rings is 6. The summed E-state index contributed by atoms with van der Waals surface area (Å²) < 4.78 is 36.8. The number of pyridine rings is 4. The smallest absolute Gasteiger partial charge is 0.264 e. The van der Waals surface area contributed by atoms with Crippen molar-refractivity contribution in [1.29, 1.82) is 0 Å². The van der Waals surface area contributed by atoms with Gasteiger partial charge in [0.1, 0.15) is 0 Å². The third kappa shape index (κ3) is 24.8. The van der Waals surface area contributed by atoms with Crippen molar-refractivity contribution in [3.63, 3.8) is 0 Å². The van der Waals surface area contributed by atoms with E-state index >= 15 is 0 Å². The maximum Gasteiger partial charge on any atom is 0.416 e. The fourth-order valence-electron chi connectivity index (χ4n) is 9.37. The predicted octanol–water partition coefficient (Wildman–Crippen LogP) is 22.8. The summed E-state index contributed by atoms with van der Waals surface area (Å²) in [4.78, 5) is 16.8. The maximum absolute atomic E-state index is 12.3. The number of nitrogens with zero attached hydrogens (tertiary/aromatic N) is 4. The van der Waals surface area contributed by atoms with E-state index in [1.165, 1.54) is 112 Å². The molecule has 0 aliphatic carbocycles. The van der Waals surface area contributed by atoms with Crippen LogP contribution >= 0.6 is 0 Å². The van der Waals surface area contributed by atoms with Gasteiger partial charge in [0, 0.05) is 46.6 Å². The van der Waals surface area contributed by atoms with Crippen LogP contribution in [0.5, 0.6) is 0 Å². The Balaban J connectivity index is 0.000000267. The molecule has 88 heavy (non-hydrogen) atoms. The molecule has 0 unspecified atom stereocenters. The van der Waals surface area contributed by atoms with Crippen LogP contribution in [-0.4, -0.2) is 19.9 Å². The number of halogens is 3. The standard InChI is InChI=1S/C17H20.C14H14.C10H11F3.4C8H11N.C8H10/c1-11-7-6-8-12(2)17(11)16-9-13(3)15(5)14(4)10-16;1-11-7-6-10-14(12(11)2)13-8-4-3-5-9-13;1-6-4-9(10(11,12)13)5-7(2)8(6)3;1-6-4-9-5-7(2)8(6)3;1-6-4-7(2)9-8(3)5-6;2*1-6-4-5-7(2)9-8(6)3;1-2-8-6-4-3-5-7-8/h6-10H,1-5H3;3-10H,1-2H3;4-5H,1-3H3;4*4-5H,1-3H3;3-7H,2H2,1H3. The molecular weight excluding hydrogens is 1090 g/mol. The highest BCUT2D eigenvalue weighted by atomic mass is 19.4. The number of aromatic nitrogens is 4. The van der Waals surface area contributed by atoms with E-state index in [2.05, 4.69) is 244 Å². The van der Waals surface area contributed by atoms with Gasteiger partial charge in [-0.2, -0.15) is 13.2 Å². The number of aryl methyl sites for hydroxylation is 19. The highest BCUT2D eigenvalue weighted by Gasteiger charge is 2.31. The molecule has 0 radical (unpaired) electrons. The number of hydrogen-bond acceptors (Lipinski definition) is 4. The summed E-state index contributed by atoms with van der Waals surface area (Å²) in [7, 11) is 0. The van der Waals surface area contributed by atoms with Gasteiger partial charge in [-0.15, -0.1) is 0 Å². The van der Waals surface area contributed by atoms with E-state index in [-0.39, 0.29) is 0 Å². The first-order valence-corrected chi connectivity index (χ1v) is 30.4. The van der Waals surface area contributed by atoms with E-state index in [1.807, 2.05) is 79.1 Å². The first kappa shape index (κ1) is 74.0. The number of hydrogen-bond donors (Lipinski definition) is 0. The molecule has 0 fully saturated rings. The van der Waals surface area contributed by atoms with Crippen LogP contribution < -0.4 is 0 Å². The summed E-state index contributed by atoms with van der Waals surface area (Å²) >= 11 is 0. The lowest BCUT2D eigenvalue weighted by Gasteiger charge is -2.13. The van der Waals surface area contributed by atoms with Gasteiger partial charge in [0.25, 0.3) is 0 Å². The molecule has 464 valence electrons. The molecule has 0 N–H and O–H groups in total. The molecule has 4 heterocycles. The minimum atomic E-state index is -4.23. The predicted molar refractivity (Wildman–Crippen MR) is 372 cm³/mol. The zero-order chi connectivity index (χ0) is 66.0. The fourth-order valence-corrected chi connectivity index (χ4v) is 9.37. The molecule has 10 rings (SSSR count). The molecule has 7 heteroatoms. The molecule has 0 aliphatic heterocycles. The Hall–Kier alpha value is -8.29. The molecule has 0 aliphatic rings. The van der Waals surface area contributed by atoms with Crippen molar-refractivity contribution in [2.45, 2.75) is 172 Å². The molecule has 0 bridgehead atoms. The normalized spacial score (nSPS) is 10.2. The Labute approximate surface area is 528 Å². The first-order valence-electron chi connectivity index (χ1n) is 30.4. The van der Waals surface area contributed by atoms with Gasteiger partial charge in [-0.05, 0) is 312 Å². The van der Waals surface area contributed by atoms with E-state index in [1.54, 1.807) is 13.8 Å². The van der Waals surface area contributed by atoms with E-state index < -0.39 is 11.7 Å². The van der Waals surface area contributed by atoms with Crippen LogP contribution in [0.15, 0.2) is 170 Å². The van der Waals surface area contributed by atoms with Crippen LogP contribution in [-0.2, 0) is 12.6 Å². The van der Waals surface area contributed by atoms with Crippen LogP contribution in [0.4, 0.5) is 13.2 Å². The van der Waals surface area contributed by atoms with Crippen molar-refractivity contribution in [2.24, 2.45) is 0 Å². The molecule has 6 aromatic carbocycles. The summed E-state index contributed by atoms with van der Waals surface area (Å²) in [6, 6.07) is 53.3. The molecule has 0 atom stereocenters. The van der Waals surface area contributed by atoms with Gasteiger partial charge in [0.05, 0.1) is 5.56 Å². The van der Waals surface area contributed by atoms with Crippen molar-refractivity contribution < 1.29 is 13.2 Å². The highest BCUT2D eigenvalue weighted by molar-refractivity contribution is 5.72. The van der Waals surface area contributed by atoms with Gasteiger partial charge in [0.15, 0.2) is 0 Å². The molecule has 10 aromatic rings. The van der Waals surface area contributed by atoms with Crippen molar-refractivity contribution in [2.75, 3.05) is 0 Å². The lowest BCUT2D eigenvalue weighted by molar-refractivity contribution is -0.137. The Morgan fingerprint density at radius 1 is 0.318 bits per heavy atom. The second-order valence-electron chi connectivity index (χ2n) is 23.2. The monoisotopic (exact) mass is 1180 g/mol. The summed E-state index contributed by atoms with van der Waals surface area (Å²) in [5.41, 5.74) is 32.5. The lowest BCUT2D eigenvalue weighted by Crippen LogP contribution is -2.06. The summed E-state index contributed by atoms with van der Waals surface area (Å²) in [5, 5.41) is 0. The average Bonchev–Trinajstić information content (AvgIpc) is 3.63. The van der Waals surface area contributed by atoms with E-state index in [0.717, 1.165) is 46.1 Å². The SMILES string of the molecule is CCc1ccccc1.Cc1cc(-c2c(C)cccc2C)cc(C)c1C.Cc1cc(C(F)(F)F)cc(C)c1C.Cc1cc(C)nc(C)c1.Cc1ccc(C)c(C)n1.Cc1ccc(C)c(C)n1.Cc1cccc(-c2ccccc2)c1C.Cc1cncc(C)c1C. The summed E-state index contributed by atoms with van der Waals surface area (Å²) in [6.07, 6.45) is 0.689. The second-order valence-corrected chi connectivity index (χ2v) is 23.2. The molecule has 0 saturated heterocycles. The zero-order valence-electron chi connectivity index (χ0n) is 57.3. The van der Waals surface area contributed by atoms with E-state index in [9.17, 15) is 13.2 Å². The summed E-state index contributed by atoms with van der Waals surface area (Å²) in [5.74, 6) is 0. The maximum atomic E-state index is 12.3. The second kappa shape index (κ2) is 36.1. The first-order chi connectivity index (χ1) is 41.3.